The molecule has 5 rings (SSSR count). The molecule has 1 atom stereocenters. The van der Waals surface area contributed by atoms with Crippen LogP contribution in [0.1, 0.15) is 47.0 Å². The normalized spacial score (nSPS) is 22.5. The van der Waals surface area contributed by atoms with Crippen molar-refractivity contribution in [3.8, 4) is 0 Å². The average molecular weight is 458 g/mol. The van der Waals surface area contributed by atoms with E-state index in [0.717, 1.165) is 29.6 Å². The molecule has 0 spiro atoms. The third-order valence-corrected chi connectivity index (χ3v) is 7.35. The Hall–Kier alpha value is -2.89. The molecule has 3 aromatic carbocycles. The van der Waals surface area contributed by atoms with Gasteiger partial charge in [-0.3, -0.25) is 14.6 Å². The molecule has 34 heavy (non-hydrogen) atoms. The molecule has 2 fully saturated rings. The van der Waals surface area contributed by atoms with Gasteiger partial charge in [-0.1, -0.05) is 48.5 Å². The monoisotopic (exact) mass is 457 g/mol. The first-order valence-corrected chi connectivity index (χ1v) is 12.3. The van der Waals surface area contributed by atoms with E-state index in [2.05, 4.69) is 63.1 Å². The molecule has 0 aliphatic carbocycles. The molecule has 178 valence electrons. The topological polar surface area (TPSA) is 36.0 Å². The lowest BCUT2D eigenvalue weighted by atomic mass is 9.82. The number of hydrogen-bond acceptors (Lipinski definition) is 3. The maximum atomic E-state index is 13.7. The number of nitrogens with zero attached hydrogens (tertiary/aromatic N) is 3. The summed E-state index contributed by atoms with van der Waals surface area (Å²) >= 11 is 0. The van der Waals surface area contributed by atoms with Crippen molar-refractivity contribution in [2.45, 2.75) is 64.1 Å². The smallest absolute Gasteiger partial charge is 0.296 e. The van der Waals surface area contributed by atoms with Crippen molar-refractivity contribution in [3.63, 3.8) is 0 Å². The van der Waals surface area contributed by atoms with Crippen LogP contribution in [0.4, 0.5) is 16.2 Å². The van der Waals surface area contributed by atoms with E-state index in [1.807, 2.05) is 52.3 Å². The number of hydrogen-bond donors (Lipinski definition) is 0. The summed E-state index contributed by atoms with van der Waals surface area (Å²) in [6.07, 6.45) is 3.40. The number of piperidine rings is 1. The Morgan fingerprint density at radius 3 is 2.18 bits per heavy atom. The van der Waals surface area contributed by atoms with Gasteiger partial charge < -0.3 is 0 Å². The molecular formula is C29H35N3O2. The molecule has 0 N–H and O–H groups in total. The van der Waals surface area contributed by atoms with E-state index < -0.39 is 0 Å². The lowest BCUT2D eigenvalue weighted by Crippen LogP contribution is -2.59. The van der Waals surface area contributed by atoms with Crippen molar-refractivity contribution >= 4 is 28.2 Å². The minimum atomic E-state index is -0.0950. The summed E-state index contributed by atoms with van der Waals surface area (Å²) < 4.78 is 0. The van der Waals surface area contributed by atoms with Gasteiger partial charge in [0, 0.05) is 22.5 Å². The zero-order valence-electron chi connectivity index (χ0n) is 20.7. The maximum Gasteiger partial charge on any atom is 0.329 e. The molecule has 2 aliphatic rings. The number of fused-ring (bicyclic) bond motifs is 1. The molecule has 0 bridgehead atoms. The van der Waals surface area contributed by atoms with Gasteiger partial charge in [-0.15, -0.1) is 0 Å². The Kier molecular flexibility index (Phi) is 5.86. The van der Waals surface area contributed by atoms with E-state index in [4.69, 9.17) is 4.84 Å². The predicted octanol–water partition coefficient (Wildman–Crippen LogP) is 6.63. The van der Waals surface area contributed by atoms with Gasteiger partial charge >= 0.3 is 6.03 Å². The number of carbonyl (C=O) groups excluding carboxylic acids is 1. The summed E-state index contributed by atoms with van der Waals surface area (Å²) in [7, 11) is 0. The second kappa shape index (κ2) is 8.71. The Morgan fingerprint density at radius 1 is 0.824 bits per heavy atom. The quantitative estimate of drug-likeness (QED) is 0.431. The van der Waals surface area contributed by atoms with Crippen LogP contribution >= 0.6 is 0 Å². The maximum absolute atomic E-state index is 13.7. The zero-order chi connectivity index (χ0) is 23.9. The number of carbonyl (C=O) groups is 1. The standard InChI is InChI=1S/C29H35N3O2/c1-28(2)17-10-18-29(3,4)32(28)34-21-26-20-30(24-13-6-5-7-14-24)27(33)31(26)25-16-15-22-11-8-9-12-23(22)19-25/h5-9,11-16,19,26H,10,17-18,20-21H2,1-4H3. The first kappa shape index (κ1) is 22.9. The molecule has 3 aromatic rings. The number of para-hydroxylation sites is 1. The molecular weight excluding hydrogens is 422 g/mol. The third kappa shape index (κ3) is 4.19. The third-order valence-electron chi connectivity index (χ3n) is 7.35. The fourth-order valence-corrected chi connectivity index (χ4v) is 5.74. The van der Waals surface area contributed by atoms with Crippen molar-refractivity contribution in [3.05, 3.63) is 72.8 Å². The lowest BCUT2D eigenvalue weighted by molar-refractivity contribution is -0.281. The highest BCUT2D eigenvalue weighted by Gasteiger charge is 2.45. The Morgan fingerprint density at radius 2 is 1.47 bits per heavy atom. The first-order valence-electron chi connectivity index (χ1n) is 12.3. The fourth-order valence-electron chi connectivity index (χ4n) is 5.74. The second-order valence-electron chi connectivity index (χ2n) is 10.9. The summed E-state index contributed by atoms with van der Waals surface area (Å²) in [4.78, 5) is 24.1. The second-order valence-corrected chi connectivity index (χ2v) is 10.9. The summed E-state index contributed by atoms with van der Waals surface area (Å²) in [6.45, 7) is 10.1. The van der Waals surface area contributed by atoms with E-state index in [1.165, 1.54) is 11.8 Å². The average Bonchev–Trinajstić information content (AvgIpc) is 3.14. The van der Waals surface area contributed by atoms with Gasteiger partial charge in [0.05, 0.1) is 19.2 Å². The number of amides is 2. The highest BCUT2D eigenvalue weighted by Crippen LogP contribution is 2.39. The van der Waals surface area contributed by atoms with Crippen molar-refractivity contribution in [1.29, 1.82) is 0 Å². The Bertz CT molecular complexity index is 1160. The largest absolute Gasteiger partial charge is 0.329 e. The van der Waals surface area contributed by atoms with Crippen molar-refractivity contribution in [2.75, 3.05) is 23.0 Å². The zero-order valence-corrected chi connectivity index (χ0v) is 20.7. The van der Waals surface area contributed by atoms with Gasteiger partial charge in [0.15, 0.2) is 0 Å². The van der Waals surface area contributed by atoms with Crippen LogP contribution in [0.5, 0.6) is 0 Å². The van der Waals surface area contributed by atoms with Gasteiger partial charge in [0.2, 0.25) is 0 Å². The molecule has 2 amide bonds. The van der Waals surface area contributed by atoms with Crippen molar-refractivity contribution in [2.24, 2.45) is 0 Å². The minimum absolute atomic E-state index is 0.00718. The van der Waals surface area contributed by atoms with Gasteiger partial charge in [0.25, 0.3) is 0 Å². The van der Waals surface area contributed by atoms with Crippen LogP contribution in [0.15, 0.2) is 72.8 Å². The van der Waals surface area contributed by atoms with Crippen molar-refractivity contribution < 1.29 is 9.63 Å². The van der Waals surface area contributed by atoms with Crippen molar-refractivity contribution in [1.82, 2.24) is 5.06 Å². The van der Waals surface area contributed by atoms with Crippen LogP contribution in [-0.2, 0) is 4.84 Å². The summed E-state index contributed by atoms with van der Waals surface area (Å²) in [5.41, 5.74) is 1.74. The van der Waals surface area contributed by atoms with E-state index in [1.54, 1.807) is 0 Å². The predicted molar refractivity (Wildman–Crippen MR) is 139 cm³/mol. The number of anilines is 2. The SMILES string of the molecule is CC1(C)CCCC(C)(C)N1OCC1CN(c2ccccc2)C(=O)N1c1ccc2ccccc2c1. The molecule has 5 heteroatoms. The van der Waals surface area contributed by atoms with E-state index >= 15 is 0 Å². The summed E-state index contributed by atoms with van der Waals surface area (Å²) in [6, 6.07) is 24.4. The van der Waals surface area contributed by atoms with E-state index in [0.29, 0.717) is 13.2 Å². The first-order chi connectivity index (χ1) is 16.3. The molecule has 0 radical (unpaired) electrons. The number of rotatable bonds is 5. The van der Waals surface area contributed by atoms with Crippen LogP contribution in [0.2, 0.25) is 0 Å². The number of hydroxylamine groups is 2. The Labute approximate surface area is 202 Å². The van der Waals surface area contributed by atoms with Gasteiger partial charge in [-0.25, -0.2) is 4.79 Å². The molecule has 0 aromatic heterocycles. The van der Waals surface area contributed by atoms with E-state index in [9.17, 15) is 4.79 Å². The number of urea groups is 1. The van der Waals surface area contributed by atoms with Crippen LogP contribution in [0.25, 0.3) is 10.8 Å². The molecule has 2 aliphatic heterocycles. The Balaban J connectivity index is 1.47. The van der Waals surface area contributed by atoms with Crippen LogP contribution in [-0.4, -0.2) is 41.4 Å². The molecule has 0 saturated carbocycles. The van der Waals surface area contributed by atoms with Gasteiger partial charge in [0.1, 0.15) is 0 Å². The summed E-state index contributed by atoms with van der Waals surface area (Å²) in [5, 5.41) is 4.49. The number of benzene rings is 3. The molecule has 2 heterocycles. The highest BCUT2D eigenvalue weighted by atomic mass is 16.7. The molecule has 2 saturated heterocycles. The van der Waals surface area contributed by atoms with Crippen LogP contribution in [0.3, 0.4) is 0 Å². The fraction of sp³-hybridized carbons (Fsp3) is 0.414. The lowest BCUT2D eigenvalue weighted by Gasteiger charge is -2.51. The van der Waals surface area contributed by atoms with Crippen LogP contribution < -0.4 is 9.80 Å². The van der Waals surface area contributed by atoms with E-state index in [-0.39, 0.29) is 23.2 Å². The minimum Gasteiger partial charge on any atom is -0.296 e. The van der Waals surface area contributed by atoms with Gasteiger partial charge in [-0.2, -0.15) is 5.06 Å². The molecule has 5 nitrogen and oxygen atoms in total. The highest BCUT2D eigenvalue weighted by molar-refractivity contribution is 6.07. The summed E-state index contributed by atoms with van der Waals surface area (Å²) in [5.74, 6) is 0. The van der Waals surface area contributed by atoms with Crippen LogP contribution in [0, 0.1) is 0 Å². The van der Waals surface area contributed by atoms with Gasteiger partial charge in [-0.05, 0) is 82.0 Å². The molecule has 1 unspecified atom stereocenters.